The number of carbonyl (C=O) groups is 1. The molecule has 1 aromatic carbocycles. The van der Waals surface area contributed by atoms with E-state index < -0.39 is 11.4 Å². The molecule has 0 unspecified atom stereocenters. The highest BCUT2D eigenvalue weighted by Gasteiger charge is 2.34. The van der Waals surface area contributed by atoms with Gasteiger partial charge in [0.15, 0.2) is 16.9 Å². The van der Waals surface area contributed by atoms with E-state index >= 15 is 0 Å². The van der Waals surface area contributed by atoms with Crippen molar-refractivity contribution in [1.29, 1.82) is 0 Å². The second kappa shape index (κ2) is 11.1. The Hall–Kier alpha value is -2.80. The number of hydrogen-bond donors (Lipinski definition) is 2. The Bertz CT molecular complexity index is 1070. The SMILES string of the molecule is COc1cc2c(cc1OCCCCCCCCN)C[C@H](C(C)(C)C)n1cc(C(=O)O)c(=O)cc1-2. The minimum Gasteiger partial charge on any atom is -0.493 e. The zero-order valence-electron chi connectivity index (χ0n) is 20.9. The van der Waals surface area contributed by atoms with Crippen molar-refractivity contribution in [3.05, 3.63) is 45.7 Å². The van der Waals surface area contributed by atoms with Crippen LogP contribution in [0.1, 0.15) is 81.3 Å². The summed E-state index contributed by atoms with van der Waals surface area (Å²) >= 11 is 0. The fraction of sp³-hybridized carbons (Fsp3) is 0.556. The van der Waals surface area contributed by atoms with Gasteiger partial charge in [-0.3, -0.25) is 4.79 Å². The summed E-state index contributed by atoms with van der Waals surface area (Å²) in [7, 11) is 1.60. The van der Waals surface area contributed by atoms with Crippen LogP contribution in [0.5, 0.6) is 11.5 Å². The third-order valence-corrected chi connectivity index (χ3v) is 6.58. The van der Waals surface area contributed by atoms with Gasteiger partial charge in [0.25, 0.3) is 0 Å². The van der Waals surface area contributed by atoms with Crippen LogP contribution in [0, 0.1) is 5.41 Å². The summed E-state index contributed by atoms with van der Waals surface area (Å²) in [4.78, 5) is 24.2. The van der Waals surface area contributed by atoms with Gasteiger partial charge >= 0.3 is 5.97 Å². The second-order valence-corrected chi connectivity index (χ2v) is 10.2. The molecule has 34 heavy (non-hydrogen) atoms. The first-order chi connectivity index (χ1) is 16.2. The van der Waals surface area contributed by atoms with Crippen molar-refractivity contribution < 1.29 is 19.4 Å². The lowest BCUT2D eigenvalue weighted by Gasteiger charge is -2.39. The van der Waals surface area contributed by atoms with Crippen molar-refractivity contribution in [3.63, 3.8) is 0 Å². The third kappa shape index (κ3) is 5.81. The Labute approximate surface area is 201 Å². The van der Waals surface area contributed by atoms with Gasteiger partial charge in [0.2, 0.25) is 0 Å². The molecular weight excluding hydrogens is 432 g/mol. The van der Waals surface area contributed by atoms with Gasteiger partial charge in [0.1, 0.15) is 5.56 Å². The fourth-order valence-corrected chi connectivity index (χ4v) is 4.63. The molecule has 0 saturated carbocycles. The molecule has 2 heterocycles. The molecule has 1 atom stereocenters. The number of ether oxygens (including phenoxy) is 2. The molecule has 186 valence electrons. The van der Waals surface area contributed by atoms with Crippen molar-refractivity contribution in [2.75, 3.05) is 20.3 Å². The number of nitrogens with zero attached hydrogens (tertiary/aromatic N) is 1. The smallest absolute Gasteiger partial charge is 0.341 e. The Morgan fingerprint density at radius 3 is 2.38 bits per heavy atom. The van der Waals surface area contributed by atoms with E-state index in [1.807, 2.05) is 16.7 Å². The molecule has 0 saturated heterocycles. The lowest BCUT2D eigenvalue weighted by molar-refractivity contribution is 0.0693. The van der Waals surface area contributed by atoms with Crippen LogP contribution in [-0.4, -0.2) is 35.9 Å². The van der Waals surface area contributed by atoms with E-state index in [0.29, 0.717) is 30.2 Å². The summed E-state index contributed by atoms with van der Waals surface area (Å²) in [5.74, 6) is 0.103. The lowest BCUT2D eigenvalue weighted by atomic mass is 9.78. The maximum atomic E-state index is 12.5. The van der Waals surface area contributed by atoms with Gasteiger partial charge in [-0.05, 0) is 48.9 Å². The lowest BCUT2D eigenvalue weighted by Crippen LogP contribution is -2.32. The van der Waals surface area contributed by atoms with Gasteiger partial charge in [0, 0.05) is 23.9 Å². The predicted molar refractivity (Wildman–Crippen MR) is 134 cm³/mol. The summed E-state index contributed by atoms with van der Waals surface area (Å²) in [6.07, 6.45) is 8.95. The van der Waals surface area contributed by atoms with Gasteiger partial charge in [-0.15, -0.1) is 0 Å². The van der Waals surface area contributed by atoms with Crippen molar-refractivity contribution in [2.24, 2.45) is 11.1 Å². The molecule has 3 N–H and O–H groups in total. The van der Waals surface area contributed by atoms with E-state index in [4.69, 9.17) is 15.2 Å². The normalized spacial score (nSPS) is 14.9. The van der Waals surface area contributed by atoms with Crippen LogP contribution in [0.15, 0.2) is 29.2 Å². The van der Waals surface area contributed by atoms with Crippen molar-refractivity contribution >= 4 is 5.97 Å². The number of aromatic carboxylic acids is 1. The van der Waals surface area contributed by atoms with Crippen LogP contribution in [0.25, 0.3) is 11.3 Å². The number of carboxylic acid groups (broad SMARTS) is 1. The molecular formula is C27H38N2O5. The van der Waals surface area contributed by atoms with Gasteiger partial charge < -0.3 is 24.9 Å². The van der Waals surface area contributed by atoms with Crippen LogP contribution >= 0.6 is 0 Å². The highest BCUT2D eigenvalue weighted by molar-refractivity contribution is 5.88. The van der Waals surface area contributed by atoms with Crippen LogP contribution in [0.3, 0.4) is 0 Å². The number of aromatic nitrogens is 1. The van der Waals surface area contributed by atoms with Crippen LogP contribution in [0.2, 0.25) is 0 Å². The molecule has 0 bridgehead atoms. The first-order valence-electron chi connectivity index (χ1n) is 12.2. The van der Waals surface area contributed by atoms with Crippen molar-refractivity contribution in [1.82, 2.24) is 4.57 Å². The molecule has 0 amide bonds. The first kappa shape index (κ1) is 25.8. The topological polar surface area (TPSA) is 104 Å². The van der Waals surface area contributed by atoms with E-state index in [-0.39, 0.29) is 17.0 Å². The number of unbranched alkanes of at least 4 members (excludes halogenated alkanes) is 5. The molecule has 2 aromatic rings. The summed E-state index contributed by atoms with van der Waals surface area (Å²) in [5, 5.41) is 9.49. The van der Waals surface area contributed by atoms with Crippen LogP contribution < -0.4 is 20.6 Å². The van der Waals surface area contributed by atoms with Crippen molar-refractivity contribution in [2.45, 2.75) is 71.8 Å². The average molecular weight is 471 g/mol. The average Bonchev–Trinajstić information content (AvgIpc) is 2.78. The van der Waals surface area contributed by atoms with Gasteiger partial charge in [-0.1, -0.05) is 46.5 Å². The quantitative estimate of drug-likeness (QED) is 0.446. The van der Waals surface area contributed by atoms with Gasteiger partial charge in [-0.25, -0.2) is 4.79 Å². The third-order valence-electron chi connectivity index (χ3n) is 6.58. The minimum absolute atomic E-state index is 0.0107. The summed E-state index contributed by atoms with van der Waals surface area (Å²) in [6, 6.07) is 5.35. The Morgan fingerprint density at radius 2 is 1.76 bits per heavy atom. The zero-order valence-corrected chi connectivity index (χ0v) is 20.9. The Balaban J connectivity index is 1.88. The summed E-state index contributed by atoms with van der Waals surface area (Å²) < 4.78 is 13.7. The molecule has 0 spiro atoms. The van der Waals surface area contributed by atoms with Crippen molar-refractivity contribution in [3.8, 4) is 22.8 Å². The standard InChI is InChI=1S/C27H38N2O5/c1-27(2,3)25-14-18-13-24(34-12-10-8-6-5-7-9-11-28)23(33-4)15-19(18)21-16-22(30)20(26(31)32)17-29(21)25/h13,15-17,25H,5-12,14,28H2,1-4H3,(H,31,32)/t25-/m1/s1. The second-order valence-electron chi connectivity index (χ2n) is 10.2. The fourth-order valence-electron chi connectivity index (χ4n) is 4.63. The Kier molecular flexibility index (Phi) is 8.42. The number of carboxylic acids is 1. The molecule has 7 nitrogen and oxygen atoms in total. The van der Waals surface area contributed by atoms with E-state index in [0.717, 1.165) is 36.9 Å². The van der Waals surface area contributed by atoms with Gasteiger partial charge in [-0.2, -0.15) is 0 Å². The van der Waals surface area contributed by atoms with E-state index in [1.54, 1.807) is 7.11 Å². The summed E-state index contributed by atoms with van der Waals surface area (Å²) in [5.41, 5.74) is 7.34. The Morgan fingerprint density at radius 1 is 1.09 bits per heavy atom. The molecule has 1 aromatic heterocycles. The number of benzene rings is 1. The number of rotatable bonds is 11. The highest BCUT2D eigenvalue weighted by atomic mass is 16.5. The molecule has 0 radical (unpaired) electrons. The maximum Gasteiger partial charge on any atom is 0.341 e. The molecule has 3 rings (SSSR count). The van der Waals surface area contributed by atoms with E-state index in [2.05, 4.69) is 20.8 Å². The number of pyridine rings is 1. The first-order valence-corrected chi connectivity index (χ1v) is 12.2. The van der Waals surface area contributed by atoms with Gasteiger partial charge in [0.05, 0.1) is 19.4 Å². The van der Waals surface area contributed by atoms with E-state index in [1.165, 1.54) is 31.5 Å². The highest BCUT2D eigenvalue weighted by Crippen LogP contribution is 2.45. The molecule has 0 fully saturated rings. The maximum absolute atomic E-state index is 12.5. The largest absolute Gasteiger partial charge is 0.493 e. The van der Waals surface area contributed by atoms with E-state index in [9.17, 15) is 14.7 Å². The molecule has 7 heteroatoms. The minimum atomic E-state index is -1.21. The zero-order chi connectivity index (χ0) is 24.9. The molecule has 1 aliphatic rings. The number of methoxy groups -OCH3 is 1. The monoisotopic (exact) mass is 470 g/mol. The molecule has 1 aliphatic heterocycles. The summed E-state index contributed by atoms with van der Waals surface area (Å²) in [6.45, 7) is 7.75. The number of fused-ring (bicyclic) bond motifs is 3. The number of nitrogens with two attached hydrogens (primary N) is 1. The van der Waals surface area contributed by atoms with Crippen LogP contribution in [-0.2, 0) is 6.42 Å². The number of hydrogen-bond acceptors (Lipinski definition) is 5. The predicted octanol–water partition coefficient (Wildman–Crippen LogP) is 5.04. The molecule has 0 aliphatic carbocycles. The van der Waals surface area contributed by atoms with Crippen LogP contribution in [0.4, 0.5) is 0 Å².